The van der Waals surface area contributed by atoms with Gasteiger partial charge in [-0.3, -0.25) is 4.90 Å². The third-order valence-corrected chi connectivity index (χ3v) is 4.85. The summed E-state index contributed by atoms with van der Waals surface area (Å²) in [4.78, 5) is 2.41. The van der Waals surface area contributed by atoms with Gasteiger partial charge in [0.1, 0.15) is 0 Å². The Bertz CT molecular complexity index is 721. The molecule has 2 aromatic rings. The van der Waals surface area contributed by atoms with Crippen LogP contribution in [0.4, 0.5) is 0 Å². The van der Waals surface area contributed by atoms with E-state index in [9.17, 15) is 5.26 Å². The monoisotopic (exact) mass is 308 g/mol. The molecule has 2 fully saturated rings. The number of likely N-dealkylation sites (tertiary alicyclic amines) is 1. The van der Waals surface area contributed by atoms with Crippen LogP contribution in [0.25, 0.3) is 0 Å². The molecular weight excluding hydrogens is 288 g/mol. The second-order valence-corrected chi connectivity index (χ2v) is 6.57. The van der Waals surface area contributed by atoms with Crippen LogP contribution in [0.1, 0.15) is 60.4 Å². The molecule has 5 heteroatoms. The van der Waals surface area contributed by atoms with Crippen LogP contribution in [-0.4, -0.2) is 28.2 Å². The summed E-state index contributed by atoms with van der Waals surface area (Å²) in [5, 5.41) is 17.7. The molecule has 5 nitrogen and oxygen atoms in total. The van der Waals surface area contributed by atoms with Crippen LogP contribution in [0.3, 0.4) is 0 Å². The number of nitrogens with zero attached hydrogens (tertiary/aromatic N) is 4. The molecule has 23 heavy (non-hydrogen) atoms. The lowest BCUT2D eigenvalue weighted by Gasteiger charge is -2.30. The van der Waals surface area contributed by atoms with Gasteiger partial charge in [-0.15, -0.1) is 10.2 Å². The molecule has 1 aromatic heterocycles. The van der Waals surface area contributed by atoms with Crippen LogP contribution in [-0.2, 0) is 6.54 Å². The zero-order valence-electron chi connectivity index (χ0n) is 13.1. The van der Waals surface area contributed by atoms with Gasteiger partial charge in [0, 0.05) is 18.4 Å². The molecule has 1 saturated heterocycles. The van der Waals surface area contributed by atoms with Crippen LogP contribution in [0, 0.1) is 11.3 Å². The van der Waals surface area contributed by atoms with Crippen LogP contribution in [0.2, 0.25) is 0 Å². The lowest BCUT2D eigenvalue weighted by atomic mass is 9.96. The van der Waals surface area contributed by atoms with E-state index in [2.05, 4.69) is 21.2 Å². The highest BCUT2D eigenvalue weighted by Crippen LogP contribution is 2.40. The van der Waals surface area contributed by atoms with Crippen molar-refractivity contribution in [1.29, 1.82) is 5.26 Å². The minimum Gasteiger partial charge on any atom is -0.425 e. The van der Waals surface area contributed by atoms with E-state index in [-0.39, 0.29) is 0 Å². The summed E-state index contributed by atoms with van der Waals surface area (Å²) in [5.41, 5.74) is 1.89. The van der Waals surface area contributed by atoms with Gasteiger partial charge in [0.25, 0.3) is 0 Å². The minimum absolute atomic E-state index is 0.387. The Kier molecular flexibility index (Phi) is 3.84. The Balaban J connectivity index is 1.36. The summed E-state index contributed by atoms with van der Waals surface area (Å²) in [5.74, 6) is 2.57. The van der Waals surface area contributed by atoms with Crippen molar-refractivity contribution in [1.82, 2.24) is 15.1 Å². The van der Waals surface area contributed by atoms with Gasteiger partial charge in [0.2, 0.25) is 11.8 Å². The summed E-state index contributed by atoms with van der Waals surface area (Å²) >= 11 is 0. The Morgan fingerprint density at radius 3 is 2.35 bits per heavy atom. The van der Waals surface area contributed by atoms with Gasteiger partial charge in [0.05, 0.1) is 11.6 Å². The van der Waals surface area contributed by atoms with E-state index in [1.165, 1.54) is 12.8 Å². The molecule has 0 bridgehead atoms. The van der Waals surface area contributed by atoms with E-state index in [1.54, 1.807) is 0 Å². The highest BCUT2D eigenvalue weighted by atomic mass is 16.4. The number of rotatable bonds is 4. The Morgan fingerprint density at radius 2 is 1.70 bits per heavy atom. The second kappa shape index (κ2) is 6.13. The first-order chi connectivity index (χ1) is 11.3. The number of aromatic nitrogens is 2. The largest absolute Gasteiger partial charge is 0.425 e. The van der Waals surface area contributed by atoms with Crippen molar-refractivity contribution in [3.05, 3.63) is 47.2 Å². The van der Waals surface area contributed by atoms with Crippen molar-refractivity contribution in [3.8, 4) is 6.07 Å². The normalized spacial score (nSPS) is 19.6. The molecule has 0 atom stereocenters. The molecule has 1 aliphatic heterocycles. The number of hydrogen-bond acceptors (Lipinski definition) is 5. The van der Waals surface area contributed by atoms with Gasteiger partial charge in [-0.25, -0.2) is 0 Å². The molecule has 0 radical (unpaired) electrons. The average Bonchev–Trinajstić information content (AvgIpc) is 3.33. The van der Waals surface area contributed by atoms with Crippen molar-refractivity contribution in [3.63, 3.8) is 0 Å². The quantitative estimate of drug-likeness (QED) is 0.867. The van der Waals surface area contributed by atoms with Gasteiger partial charge in [0.15, 0.2) is 0 Å². The molecule has 1 aliphatic carbocycles. The zero-order valence-corrected chi connectivity index (χ0v) is 13.1. The summed E-state index contributed by atoms with van der Waals surface area (Å²) in [6.07, 6.45) is 4.47. The smallest absolute Gasteiger partial charge is 0.219 e. The fourth-order valence-electron chi connectivity index (χ4n) is 3.25. The van der Waals surface area contributed by atoms with Crippen molar-refractivity contribution >= 4 is 0 Å². The summed E-state index contributed by atoms with van der Waals surface area (Å²) < 4.78 is 5.85. The first-order valence-electron chi connectivity index (χ1n) is 8.37. The number of piperidine rings is 1. The Labute approximate surface area is 135 Å². The Morgan fingerprint density at radius 1 is 1.04 bits per heavy atom. The number of hydrogen-bond donors (Lipinski definition) is 0. The van der Waals surface area contributed by atoms with Crippen molar-refractivity contribution in [2.24, 2.45) is 0 Å². The standard InChI is InChI=1S/C18H20N4O/c19-11-15-3-1-2-4-16(15)12-22-9-7-14(8-10-22)18-21-20-17(23-18)13-5-6-13/h1-4,13-14H,5-10,12H2. The zero-order chi connectivity index (χ0) is 15.6. The molecule has 118 valence electrons. The minimum atomic E-state index is 0.387. The summed E-state index contributed by atoms with van der Waals surface area (Å²) in [6.45, 7) is 2.85. The molecule has 0 spiro atoms. The van der Waals surface area contributed by atoms with E-state index in [4.69, 9.17) is 4.42 Å². The van der Waals surface area contributed by atoms with Crippen LogP contribution < -0.4 is 0 Å². The third-order valence-electron chi connectivity index (χ3n) is 4.85. The van der Waals surface area contributed by atoms with Gasteiger partial charge in [-0.2, -0.15) is 5.26 Å². The van der Waals surface area contributed by atoms with Gasteiger partial charge in [-0.1, -0.05) is 18.2 Å². The van der Waals surface area contributed by atoms with Crippen LogP contribution in [0.15, 0.2) is 28.7 Å². The van der Waals surface area contributed by atoms with E-state index in [1.807, 2.05) is 24.3 Å². The van der Waals surface area contributed by atoms with E-state index < -0.39 is 0 Å². The molecule has 1 aromatic carbocycles. The van der Waals surface area contributed by atoms with E-state index in [0.717, 1.165) is 55.4 Å². The fourth-order valence-corrected chi connectivity index (χ4v) is 3.25. The van der Waals surface area contributed by atoms with Crippen molar-refractivity contribution < 1.29 is 4.42 Å². The van der Waals surface area contributed by atoms with Crippen molar-refractivity contribution in [2.45, 2.75) is 44.1 Å². The molecule has 0 N–H and O–H groups in total. The average molecular weight is 308 g/mol. The van der Waals surface area contributed by atoms with Crippen LogP contribution >= 0.6 is 0 Å². The van der Waals surface area contributed by atoms with Gasteiger partial charge in [-0.05, 0) is 50.4 Å². The highest BCUT2D eigenvalue weighted by molar-refractivity contribution is 5.37. The molecule has 1 saturated carbocycles. The maximum atomic E-state index is 9.19. The highest BCUT2D eigenvalue weighted by Gasteiger charge is 2.31. The van der Waals surface area contributed by atoms with Crippen molar-refractivity contribution in [2.75, 3.05) is 13.1 Å². The SMILES string of the molecule is N#Cc1ccccc1CN1CCC(c2nnc(C3CC3)o2)CC1. The number of benzene rings is 1. The van der Waals surface area contributed by atoms with E-state index in [0.29, 0.717) is 11.8 Å². The maximum absolute atomic E-state index is 9.19. The molecule has 0 unspecified atom stereocenters. The summed E-state index contributed by atoms with van der Waals surface area (Å²) in [6, 6.07) is 10.1. The molecule has 2 aliphatic rings. The predicted molar refractivity (Wildman–Crippen MR) is 84.7 cm³/mol. The lowest BCUT2D eigenvalue weighted by molar-refractivity contribution is 0.192. The topological polar surface area (TPSA) is 66.0 Å². The molecular formula is C18H20N4O. The Hall–Kier alpha value is -2.19. The van der Waals surface area contributed by atoms with Gasteiger partial charge >= 0.3 is 0 Å². The maximum Gasteiger partial charge on any atom is 0.219 e. The van der Waals surface area contributed by atoms with E-state index >= 15 is 0 Å². The fraction of sp³-hybridized carbons (Fsp3) is 0.500. The first kappa shape index (κ1) is 14.4. The van der Waals surface area contributed by atoms with Gasteiger partial charge < -0.3 is 4.42 Å². The molecule has 0 amide bonds. The summed E-state index contributed by atoms with van der Waals surface area (Å²) in [7, 11) is 0. The second-order valence-electron chi connectivity index (χ2n) is 6.57. The molecule has 2 heterocycles. The van der Waals surface area contributed by atoms with Crippen LogP contribution in [0.5, 0.6) is 0 Å². The predicted octanol–water partition coefficient (Wildman–Crippen LogP) is 3.20. The molecule has 4 rings (SSSR count). The number of nitriles is 1. The third kappa shape index (κ3) is 3.13. The lowest BCUT2D eigenvalue weighted by Crippen LogP contribution is -2.32. The first-order valence-corrected chi connectivity index (χ1v) is 8.37.